The van der Waals surface area contributed by atoms with E-state index in [0.717, 1.165) is 6.07 Å². The first-order valence-electron chi connectivity index (χ1n) is 6.09. The molecule has 2 rings (SSSR count). The standard InChI is InChI=1S/C12H12F3NO5/c1-2-19-5-8-6-20-11-9(12(13,14)15)3-7(16(17)18)4-10(11)21-8/h3-4,8H,2,5-6H2,1H3. The Balaban J connectivity index is 2.39. The van der Waals surface area contributed by atoms with Gasteiger partial charge >= 0.3 is 6.18 Å². The van der Waals surface area contributed by atoms with E-state index >= 15 is 0 Å². The lowest BCUT2D eigenvalue weighted by atomic mass is 10.1. The number of hydrogen-bond donors (Lipinski definition) is 0. The van der Waals surface area contributed by atoms with Crippen LogP contribution in [-0.2, 0) is 10.9 Å². The molecule has 0 fully saturated rings. The number of fused-ring (bicyclic) bond motifs is 1. The highest BCUT2D eigenvalue weighted by Crippen LogP contribution is 2.46. The van der Waals surface area contributed by atoms with Crippen LogP contribution in [0.2, 0.25) is 0 Å². The summed E-state index contributed by atoms with van der Waals surface area (Å²) in [5, 5.41) is 10.7. The molecule has 0 aliphatic carbocycles. The van der Waals surface area contributed by atoms with Crippen molar-refractivity contribution in [1.82, 2.24) is 0 Å². The van der Waals surface area contributed by atoms with Gasteiger partial charge in [-0.05, 0) is 6.92 Å². The maximum absolute atomic E-state index is 12.9. The Morgan fingerprint density at radius 3 is 2.76 bits per heavy atom. The fraction of sp³-hybridized carbons (Fsp3) is 0.500. The Kier molecular flexibility index (Phi) is 4.21. The second kappa shape index (κ2) is 5.76. The lowest BCUT2D eigenvalue weighted by Gasteiger charge is -2.28. The maximum atomic E-state index is 12.9. The van der Waals surface area contributed by atoms with E-state index in [9.17, 15) is 23.3 Å². The van der Waals surface area contributed by atoms with Gasteiger partial charge in [-0.25, -0.2) is 0 Å². The van der Waals surface area contributed by atoms with Gasteiger partial charge in [0.1, 0.15) is 12.2 Å². The van der Waals surface area contributed by atoms with Crippen LogP contribution in [0.3, 0.4) is 0 Å². The number of ether oxygens (including phenoxy) is 3. The Hall–Kier alpha value is -2.03. The highest BCUT2D eigenvalue weighted by molar-refractivity contribution is 5.56. The summed E-state index contributed by atoms with van der Waals surface area (Å²) in [4.78, 5) is 9.82. The second-order valence-corrected chi connectivity index (χ2v) is 4.29. The second-order valence-electron chi connectivity index (χ2n) is 4.29. The number of nitro groups is 1. The van der Waals surface area contributed by atoms with Gasteiger partial charge in [-0.1, -0.05) is 0 Å². The van der Waals surface area contributed by atoms with Gasteiger partial charge in [0.2, 0.25) is 0 Å². The molecule has 0 saturated heterocycles. The van der Waals surface area contributed by atoms with Crippen molar-refractivity contribution in [1.29, 1.82) is 0 Å². The van der Waals surface area contributed by atoms with E-state index in [-0.39, 0.29) is 19.0 Å². The van der Waals surface area contributed by atoms with Crippen molar-refractivity contribution in [2.75, 3.05) is 19.8 Å². The van der Waals surface area contributed by atoms with Crippen LogP contribution in [0.4, 0.5) is 18.9 Å². The van der Waals surface area contributed by atoms with Crippen molar-refractivity contribution in [2.45, 2.75) is 19.2 Å². The summed E-state index contributed by atoms with van der Waals surface area (Å²) in [7, 11) is 0. The topological polar surface area (TPSA) is 70.8 Å². The lowest BCUT2D eigenvalue weighted by Crippen LogP contribution is -2.34. The summed E-state index contributed by atoms with van der Waals surface area (Å²) in [6.45, 7) is 2.17. The van der Waals surface area contributed by atoms with Gasteiger partial charge in [0.15, 0.2) is 17.6 Å². The van der Waals surface area contributed by atoms with Crippen molar-refractivity contribution in [3.63, 3.8) is 0 Å². The van der Waals surface area contributed by atoms with Crippen LogP contribution in [0, 0.1) is 10.1 Å². The summed E-state index contributed by atoms with van der Waals surface area (Å²) in [6, 6.07) is 1.35. The quantitative estimate of drug-likeness (QED) is 0.632. The van der Waals surface area contributed by atoms with Gasteiger partial charge in [-0.15, -0.1) is 0 Å². The third-order valence-corrected chi connectivity index (χ3v) is 2.77. The molecule has 9 heteroatoms. The molecule has 21 heavy (non-hydrogen) atoms. The van der Waals surface area contributed by atoms with Crippen LogP contribution in [0.25, 0.3) is 0 Å². The molecule has 0 bridgehead atoms. The molecule has 6 nitrogen and oxygen atoms in total. The minimum Gasteiger partial charge on any atom is -0.485 e. The SMILES string of the molecule is CCOCC1COc2c(cc([N+](=O)[O-])cc2C(F)(F)F)O1. The number of nitrogens with zero attached hydrogens (tertiary/aromatic N) is 1. The number of non-ortho nitro benzene ring substituents is 1. The van der Waals surface area contributed by atoms with Crippen molar-refractivity contribution in [2.24, 2.45) is 0 Å². The average molecular weight is 307 g/mol. The summed E-state index contributed by atoms with van der Waals surface area (Å²) >= 11 is 0. The first-order chi connectivity index (χ1) is 9.82. The van der Waals surface area contributed by atoms with Crippen LogP contribution in [0.5, 0.6) is 11.5 Å². The summed E-state index contributed by atoms with van der Waals surface area (Å²) < 4.78 is 54.3. The van der Waals surface area contributed by atoms with E-state index in [2.05, 4.69) is 0 Å². The van der Waals surface area contributed by atoms with Crippen LogP contribution >= 0.6 is 0 Å². The Morgan fingerprint density at radius 1 is 1.48 bits per heavy atom. The molecule has 0 radical (unpaired) electrons. The maximum Gasteiger partial charge on any atom is 0.420 e. The molecule has 1 atom stereocenters. The van der Waals surface area contributed by atoms with E-state index in [0.29, 0.717) is 12.7 Å². The van der Waals surface area contributed by atoms with Crippen LogP contribution < -0.4 is 9.47 Å². The summed E-state index contributed by atoms with van der Waals surface area (Å²) in [5.74, 6) is -0.826. The van der Waals surface area contributed by atoms with Crippen molar-refractivity contribution in [3.05, 3.63) is 27.8 Å². The zero-order valence-corrected chi connectivity index (χ0v) is 11.0. The number of rotatable bonds is 4. The van der Waals surface area contributed by atoms with Crippen molar-refractivity contribution in [3.8, 4) is 11.5 Å². The summed E-state index contributed by atoms with van der Waals surface area (Å²) in [5.41, 5.74) is -1.93. The predicted molar refractivity (Wildman–Crippen MR) is 64.5 cm³/mol. The molecular formula is C12H12F3NO5. The van der Waals surface area contributed by atoms with Gasteiger partial charge < -0.3 is 14.2 Å². The molecule has 0 amide bonds. The zero-order valence-electron chi connectivity index (χ0n) is 11.0. The van der Waals surface area contributed by atoms with Gasteiger partial charge in [0.25, 0.3) is 5.69 Å². The summed E-state index contributed by atoms with van der Waals surface area (Å²) in [6.07, 6.45) is -5.38. The van der Waals surface area contributed by atoms with Crippen LogP contribution in [0.15, 0.2) is 12.1 Å². The number of nitro benzene ring substituents is 1. The number of alkyl halides is 3. The lowest BCUT2D eigenvalue weighted by molar-refractivity contribution is -0.385. The Bertz CT molecular complexity index is 546. The molecule has 0 saturated carbocycles. The molecule has 1 unspecified atom stereocenters. The van der Waals surface area contributed by atoms with Gasteiger partial charge in [-0.2, -0.15) is 13.2 Å². The predicted octanol–water partition coefficient (Wildman–Crippen LogP) is 2.79. The monoisotopic (exact) mass is 307 g/mol. The molecule has 1 aromatic rings. The van der Waals surface area contributed by atoms with Crippen LogP contribution in [0.1, 0.15) is 12.5 Å². The number of benzene rings is 1. The van der Waals surface area contributed by atoms with Crippen molar-refractivity contribution >= 4 is 5.69 Å². The van der Waals surface area contributed by atoms with Gasteiger partial charge in [0, 0.05) is 12.7 Å². The van der Waals surface area contributed by atoms with Crippen molar-refractivity contribution < 1.29 is 32.3 Å². The van der Waals surface area contributed by atoms with E-state index < -0.39 is 34.2 Å². The molecule has 0 N–H and O–H groups in total. The first-order valence-corrected chi connectivity index (χ1v) is 6.09. The molecule has 0 aromatic heterocycles. The Morgan fingerprint density at radius 2 is 2.19 bits per heavy atom. The van der Waals surface area contributed by atoms with E-state index in [4.69, 9.17) is 14.2 Å². The fourth-order valence-corrected chi connectivity index (χ4v) is 1.86. The molecule has 1 aliphatic heterocycles. The molecule has 1 heterocycles. The number of hydrogen-bond acceptors (Lipinski definition) is 5. The smallest absolute Gasteiger partial charge is 0.420 e. The molecule has 1 aliphatic rings. The molecular weight excluding hydrogens is 295 g/mol. The largest absolute Gasteiger partial charge is 0.485 e. The minimum absolute atomic E-state index is 0.117. The minimum atomic E-state index is -4.77. The van der Waals surface area contributed by atoms with Gasteiger partial charge in [0.05, 0.1) is 17.6 Å². The average Bonchev–Trinajstić information content (AvgIpc) is 2.42. The molecule has 1 aromatic carbocycles. The van der Waals surface area contributed by atoms with E-state index in [1.807, 2.05) is 0 Å². The highest BCUT2D eigenvalue weighted by atomic mass is 19.4. The Labute approximate surface area is 117 Å². The fourth-order valence-electron chi connectivity index (χ4n) is 1.86. The third-order valence-electron chi connectivity index (χ3n) is 2.77. The van der Waals surface area contributed by atoms with E-state index in [1.165, 1.54) is 0 Å². The molecule has 116 valence electrons. The third kappa shape index (κ3) is 3.35. The van der Waals surface area contributed by atoms with Gasteiger partial charge in [-0.3, -0.25) is 10.1 Å². The number of halogens is 3. The zero-order chi connectivity index (χ0) is 15.6. The first kappa shape index (κ1) is 15.4. The molecule has 0 spiro atoms. The highest BCUT2D eigenvalue weighted by Gasteiger charge is 2.40. The van der Waals surface area contributed by atoms with E-state index in [1.54, 1.807) is 6.92 Å². The normalized spacial score (nSPS) is 17.6. The van der Waals surface area contributed by atoms with Crippen LogP contribution in [-0.4, -0.2) is 30.8 Å².